The summed E-state index contributed by atoms with van der Waals surface area (Å²) in [5.74, 6) is 0.825. The molecule has 0 aliphatic carbocycles. The number of carbonyl (C=O) groups is 1. The highest BCUT2D eigenvalue weighted by atomic mass is 16.2. The minimum atomic E-state index is 0.0865. The average molecular weight is 325 g/mol. The normalized spacial score (nSPS) is 21.4. The Balaban J connectivity index is 1.62. The molecule has 128 valence electrons. The number of piperidine rings is 1. The van der Waals surface area contributed by atoms with Gasteiger partial charge in [0, 0.05) is 43.2 Å². The van der Waals surface area contributed by atoms with Crippen LogP contribution >= 0.6 is 0 Å². The van der Waals surface area contributed by atoms with Gasteiger partial charge in [0.1, 0.15) is 0 Å². The van der Waals surface area contributed by atoms with Crippen molar-refractivity contribution >= 4 is 16.8 Å². The SMILES string of the molecule is CC(C)C(=O)N1CC[C@H](NCc2cccc3cccnc23)[C@H](C)C1. The third kappa shape index (κ3) is 3.59. The molecule has 0 spiro atoms. The van der Waals surface area contributed by atoms with Crippen molar-refractivity contribution in [3.05, 3.63) is 42.1 Å². The third-order valence-electron chi connectivity index (χ3n) is 4.98. The molecule has 1 fully saturated rings. The first kappa shape index (κ1) is 16.9. The highest BCUT2D eigenvalue weighted by Gasteiger charge is 2.29. The van der Waals surface area contributed by atoms with Crippen LogP contribution < -0.4 is 5.32 Å². The van der Waals surface area contributed by atoms with E-state index in [4.69, 9.17) is 0 Å². The molecular formula is C20H27N3O. The van der Waals surface area contributed by atoms with Crippen LogP contribution in [0, 0.1) is 11.8 Å². The monoisotopic (exact) mass is 325 g/mol. The Morgan fingerprint density at radius 2 is 2.12 bits per heavy atom. The lowest BCUT2D eigenvalue weighted by Gasteiger charge is -2.38. The number of hydrogen-bond acceptors (Lipinski definition) is 3. The lowest BCUT2D eigenvalue weighted by Crippen LogP contribution is -2.50. The van der Waals surface area contributed by atoms with E-state index in [0.29, 0.717) is 12.0 Å². The number of amides is 1. The number of nitrogens with zero attached hydrogens (tertiary/aromatic N) is 2. The molecule has 2 atom stereocenters. The van der Waals surface area contributed by atoms with E-state index >= 15 is 0 Å². The van der Waals surface area contributed by atoms with Gasteiger partial charge in [-0.1, -0.05) is 45.0 Å². The molecule has 0 bridgehead atoms. The van der Waals surface area contributed by atoms with Gasteiger partial charge in [0.15, 0.2) is 0 Å². The smallest absolute Gasteiger partial charge is 0.225 e. The Labute approximate surface area is 144 Å². The van der Waals surface area contributed by atoms with Gasteiger partial charge in [0.25, 0.3) is 0 Å². The maximum atomic E-state index is 12.2. The Hall–Kier alpha value is -1.94. The van der Waals surface area contributed by atoms with Crippen molar-refractivity contribution in [2.24, 2.45) is 11.8 Å². The number of aromatic nitrogens is 1. The number of likely N-dealkylation sites (tertiary alicyclic amines) is 1. The van der Waals surface area contributed by atoms with Gasteiger partial charge < -0.3 is 10.2 Å². The predicted molar refractivity (Wildman–Crippen MR) is 97.6 cm³/mol. The fourth-order valence-corrected chi connectivity index (χ4v) is 3.57. The fraction of sp³-hybridized carbons (Fsp3) is 0.500. The summed E-state index contributed by atoms with van der Waals surface area (Å²) in [6.45, 7) is 8.71. The van der Waals surface area contributed by atoms with Crippen molar-refractivity contribution in [3.63, 3.8) is 0 Å². The van der Waals surface area contributed by atoms with Crippen molar-refractivity contribution in [3.8, 4) is 0 Å². The van der Waals surface area contributed by atoms with E-state index in [9.17, 15) is 4.79 Å². The largest absolute Gasteiger partial charge is 0.342 e. The van der Waals surface area contributed by atoms with Crippen molar-refractivity contribution < 1.29 is 4.79 Å². The van der Waals surface area contributed by atoms with Crippen LogP contribution in [0.5, 0.6) is 0 Å². The van der Waals surface area contributed by atoms with Gasteiger partial charge in [-0.2, -0.15) is 0 Å². The van der Waals surface area contributed by atoms with E-state index in [0.717, 1.165) is 31.6 Å². The fourth-order valence-electron chi connectivity index (χ4n) is 3.57. The van der Waals surface area contributed by atoms with E-state index in [-0.39, 0.29) is 11.8 Å². The van der Waals surface area contributed by atoms with Gasteiger partial charge >= 0.3 is 0 Å². The molecular weight excluding hydrogens is 298 g/mol. The first-order valence-electron chi connectivity index (χ1n) is 8.91. The lowest BCUT2D eigenvalue weighted by molar-refractivity contribution is -0.136. The molecule has 3 rings (SSSR count). The molecule has 4 heteroatoms. The molecule has 0 saturated carbocycles. The molecule has 1 aliphatic heterocycles. The van der Waals surface area contributed by atoms with Crippen molar-refractivity contribution in [1.29, 1.82) is 0 Å². The van der Waals surface area contributed by atoms with Crippen LogP contribution in [-0.4, -0.2) is 34.9 Å². The van der Waals surface area contributed by atoms with Crippen LogP contribution in [0.1, 0.15) is 32.8 Å². The molecule has 24 heavy (non-hydrogen) atoms. The third-order valence-corrected chi connectivity index (χ3v) is 4.98. The summed E-state index contributed by atoms with van der Waals surface area (Å²) in [5.41, 5.74) is 2.31. The lowest BCUT2D eigenvalue weighted by atomic mass is 9.92. The molecule has 1 aliphatic rings. The number of para-hydroxylation sites is 1. The summed E-state index contributed by atoms with van der Waals surface area (Å²) in [6, 6.07) is 10.9. The molecule has 1 N–H and O–H groups in total. The predicted octanol–water partition coefficient (Wildman–Crippen LogP) is 3.22. The number of carbonyl (C=O) groups excluding carboxylic acids is 1. The second-order valence-electron chi connectivity index (χ2n) is 7.18. The summed E-state index contributed by atoms with van der Waals surface area (Å²) in [5, 5.41) is 4.87. The zero-order valence-electron chi connectivity index (χ0n) is 14.8. The molecule has 0 unspecified atom stereocenters. The van der Waals surface area contributed by atoms with Crippen LogP contribution in [-0.2, 0) is 11.3 Å². The highest BCUT2D eigenvalue weighted by molar-refractivity contribution is 5.81. The Morgan fingerprint density at radius 3 is 2.88 bits per heavy atom. The molecule has 1 amide bonds. The highest BCUT2D eigenvalue weighted by Crippen LogP contribution is 2.21. The Kier molecular flexibility index (Phi) is 5.14. The number of pyridine rings is 1. The summed E-state index contributed by atoms with van der Waals surface area (Å²) in [4.78, 5) is 18.7. The average Bonchev–Trinajstić information content (AvgIpc) is 2.60. The topological polar surface area (TPSA) is 45.2 Å². The summed E-state index contributed by atoms with van der Waals surface area (Å²) in [7, 11) is 0. The zero-order chi connectivity index (χ0) is 17.1. The van der Waals surface area contributed by atoms with Crippen LogP contribution in [0.15, 0.2) is 36.5 Å². The van der Waals surface area contributed by atoms with Crippen LogP contribution in [0.4, 0.5) is 0 Å². The molecule has 1 aromatic carbocycles. The molecule has 4 nitrogen and oxygen atoms in total. The van der Waals surface area contributed by atoms with E-state index in [1.54, 1.807) is 0 Å². The van der Waals surface area contributed by atoms with Gasteiger partial charge in [-0.3, -0.25) is 9.78 Å². The molecule has 1 saturated heterocycles. The van der Waals surface area contributed by atoms with E-state index in [1.807, 2.05) is 31.0 Å². The minimum Gasteiger partial charge on any atom is -0.342 e. The maximum Gasteiger partial charge on any atom is 0.225 e. The second-order valence-corrected chi connectivity index (χ2v) is 7.18. The number of rotatable bonds is 4. The number of benzene rings is 1. The van der Waals surface area contributed by atoms with Crippen molar-refractivity contribution in [2.45, 2.75) is 39.8 Å². The van der Waals surface area contributed by atoms with Crippen LogP contribution in [0.25, 0.3) is 10.9 Å². The van der Waals surface area contributed by atoms with E-state index in [2.05, 4.69) is 41.5 Å². The second kappa shape index (κ2) is 7.31. The first-order chi connectivity index (χ1) is 11.6. The summed E-state index contributed by atoms with van der Waals surface area (Å²) in [6.07, 6.45) is 2.86. The van der Waals surface area contributed by atoms with Crippen LogP contribution in [0.2, 0.25) is 0 Å². The van der Waals surface area contributed by atoms with Gasteiger partial charge in [0.2, 0.25) is 5.91 Å². The standard InChI is InChI=1S/C20H27N3O/c1-14(2)20(24)23-11-9-18(15(3)13-23)22-12-17-7-4-6-16-8-5-10-21-19(16)17/h4-8,10,14-15,18,22H,9,11-13H2,1-3H3/t15-,18+/m1/s1. The first-order valence-corrected chi connectivity index (χ1v) is 8.91. The van der Waals surface area contributed by atoms with E-state index < -0.39 is 0 Å². The molecule has 2 aromatic rings. The summed E-state index contributed by atoms with van der Waals surface area (Å²) >= 11 is 0. The van der Waals surface area contributed by atoms with Gasteiger partial charge in [-0.25, -0.2) is 0 Å². The zero-order valence-corrected chi connectivity index (χ0v) is 14.8. The molecule has 1 aromatic heterocycles. The number of fused-ring (bicyclic) bond motifs is 1. The van der Waals surface area contributed by atoms with Crippen LogP contribution in [0.3, 0.4) is 0 Å². The number of nitrogens with one attached hydrogen (secondary N) is 1. The van der Waals surface area contributed by atoms with E-state index in [1.165, 1.54) is 10.9 Å². The molecule has 2 heterocycles. The summed E-state index contributed by atoms with van der Waals surface area (Å²) < 4.78 is 0. The van der Waals surface area contributed by atoms with Gasteiger partial charge in [0.05, 0.1) is 5.52 Å². The maximum absolute atomic E-state index is 12.2. The Morgan fingerprint density at radius 1 is 1.33 bits per heavy atom. The van der Waals surface area contributed by atoms with Gasteiger partial charge in [-0.05, 0) is 24.0 Å². The van der Waals surface area contributed by atoms with Crippen molar-refractivity contribution in [2.75, 3.05) is 13.1 Å². The minimum absolute atomic E-state index is 0.0865. The Bertz CT molecular complexity index is 708. The quantitative estimate of drug-likeness (QED) is 0.939. The van der Waals surface area contributed by atoms with Crippen molar-refractivity contribution in [1.82, 2.24) is 15.2 Å². The molecule has 0 radical (unpaired) electrons. The van der Waals surface area contributed by atoms with Gasteiger partial charge in [-0.15, -0.1) is 0 Å². The number of hydrogen-bond donors (Lipinski definition) is 1.